The van der Waals surface area contributed by atoms with Crippen LogP contribution in [0.2, 0.25) is 0 Å². The summed E-state index contributed by atoms with van der Waals surface area (Å²) >= 11 is 0. The molecule has 0 heterocycles. The Morgan fingerprint density at radius 1 is 1.26 bits per heavy atom. The first kappa shape index (κ1) is 17.0. The van der Waals surface area contributed by atoms with Crippen LogP contribution < -0.4 is 9.47 Å². The molecule has 1 atom stereocenters. The fraction of sp³-hybridized carbons (Fsp3) is 0.412. The first-order chi connectivity index (χ1) is 11.1. The molecule has 2 rings (SSSR count). The molecular weight excluding hydrogens is 298 g/mol. The lowest BCUT2D eigenvalue weighted by atomic mass is 10.1. The molecule has 0 saturated carbocycles. The van der Waals surface area contributed by atoms with Gasteiger partial charge in [-0.15, -0.1) is 0 Å². The second-order valence-corrected chi connectivity index (χ2v) is 5.29. The van der Waals surface area contributed by atoms with Gasteiger partial charge in [0.1, 0.15) is 13.2 Å². The van der Waals surface area contributed by atoms with Gasteiger partial charge in [-0.3, -0.25) is 10.1 Å². The van der Waals surface area contributed by atoms with Crippen LogP contribution in [-0.2, 0) is 4.74 Å². The largest absolute Gasteiger partial charge is 0.487 e. The van der Waals surface area contributed by atoms with E-state index < -0.39 is 4.92 Å². The molecule has 23 heavy (non-hydrogen) atoms. The normalized spacial score (nSPS) is 15.0. The summed E-state index contributed by atoms with van der Waals surface area (Å²) in [5.41, 5.74) is 1.03. The van der Waals surface area contributed by atoms with Crippen LogP contribution in [0.3, 0.4) is 0 Å². The molecule has 1 aliphatic rings. The van der Waals surface area contributed by atoms with Crippen LogP contribution in [0.1, 0.15) is 19.8 Å². The molecule has 0 bridgehead atoms. The standard InChI is InChI=1S/C17H21NO5/c1-13(21-2)11-22-16-9-8-15(18(19)20)10-17(16)23-12-14-6-4-3-5-7-14/h4,6-10,13H,3,5,11-12H2,1-2H3. The third-order valence-corrected chi connectivity index (χ3v) is 3.48. The Morgan fingerprint density at radius 3 is 2.74 bits per heavy atom. The minimum Gasteiger partial charge on any atom is -0.487 e. The molecule has 0 saturated heterocycles. The van der Waals surface area contributed by atoms with Crippen molar-refractivity contribution in [2.24, 2.45) is 0 Å². The van der Waals surface area contributed by atoms with E-state index in [0.717, 1.165) is 18.4 Å². The Labute approximate surface area is 135 Å². The zero-order valence-corrected chi connectivity index (χ0v) is 13.4. The summed E-state index contributed by atoms with van der Waals surface area (Å²) < 4.78 is 16.5. The van der Waals surface area contributed by atoms with Gasteiger partial charge in [0, 0.05) is 13.2 Å². The predicted octanol–water partition coefficient (Wildman–Crippen LogP) is 3.66. The maximum Gasteiger partial charge on any atom is 0.273 e. The molecule has 124 valence electrons. The molecule has 0 amide bonds. The van der Waals surface area contributed by atoms with Crippen LogP contribution in [-0.4, -0.2) is 31.4 Å². The lowest BCUT2D eigenvalue weighted by Crippen LogP contribution is -2.16. The summed E-state index contributed by atoms with van der Waals surface area (Å²) in [7, 11) is 1.60. The highest BCUT2D eigenvalue weighted by Gasteiger charge is 2.14. The van der Waals surface area contributed by atoms with Crippen LogP contribution in [0.4, 0.5) is 5.69 Å². The van der Waals surface area contributed by atoms with Crippen molar-refractivity contribution in [3.8, 4) is 11.5 Å². The summed E-state index contributed by atoms with van der Waals surface area (Å²) in [6.45, 7) is 2.57. The summed E-state index contributed by atoms with van der Waals surface area (Å²) in [6.07, 6.45) is 8.13. The van der Waals surface area contributed by atoms with Crippen molar-refractivity contribution in [2.45, 2.75) is 25.9 Å². The quantitative estimate of drug-likeness (QED) is 0.540. The second kappa shape index (κ2) is 8.33. The maximum atomic E-state index is 10.9. The van der Waals surface area contributed by atoms with Gasteiger partial charge in [-0.05, 0) is 31.4 Å². The minimum absolute atomic E-state index is 0.0275. The van der Waals surface area contributed by atoms with Gasteiger partial charge in [-0.1, -0.05) is 18.2 Å². The Bertz CT molecular complexity index is 609. The minimum atomic E-state index is -0.450. The number of nitro benzene ring substituents is 1. The number of hydrogen-bond acceptors (Lipinski definition) is 5. The molecule has 6 nitrogen and oxygen atoms in total. The van der Waals surface area contributed by atoms with Crippen LogP contribution in [0, 0.1) is 10.1 Å². The van der Waals surface area contributed by atoms with Gasteiger partial charge in [-0.2, -0.15) is 0 Å². The zero-order chi connectivity index (χ0) is 16.7. The van der Waals surface area contributed by atoms with Gasteiger partial charge in [0.15, 0.2) is 11.5 Å². The number of ether oxygens (including phenoxy) is 3. The number of benzene rings is 1. The summed E-state index contributed by atoms with van der Waals surface area (Å²) in [4.78, 5) is 10.5. The van der Waals surface area contributed by atoms with Crippen molar-refractivity contribution in [1.82, 2.24) is 0 Å². The van der Waals surface area contributed by atoms with Gasteiger partial charge in [-0.25, -0.2) is 0 Å². The van der Waals surface area contributed by atoms with Gasteiger partial charge in [0.05, 0.1) is 17.1 Å². The fourth-order valence-electron chi connectivity index (χ4n) is 2.05. The second-order valence-electron chi connectivity index (χ2n) is 5.29. The van der Waals surface area contributed by atoms with E-state index >= 15 is 0 Å². The molecule has 0 aromatic heterocycles. The number of methoxy groups -OCH3 is 1. The van der Waals surface area contributed by atoms with Crippen molar-refractivity contribution in [2.75, 3.05) is 20.3 Å². The number of hydrogen-bond donors (Lipinski definition) is 0. The number of nitrogens with zero attached hydrogens (tertiary/aromatic N) is 1. The average molecular weight is 319 g/mol. The van der Waals surface area contributed by atoms with Gasteiger partial charge in [0.25, 0.3) is 5.69 Å². The Balaban J connectivity index is 2.11. The van der Waals surface area contributed by atoms with Crippen LogP contribution in [0.15, 0.2) is 42.0 Å². The molecule has 1 aromatic carbocycles. The fourth-order valence-corrected chi connectivity index (χ4v) is 2.05. The van der Waals surface area contributed by atoms with Crippen molar-refractivity contribution < 1.29 is 19.1 Å². The van der Waals surface area contributed by atoms with E-state index in [2.05, 4.69) is 12.2 Å². The van der Waals surface area contributed by atoms with Crippen LogP contribution in [0.25, 0.3) is 0 Å². The van der Waals surface area contributed by atoms with E-state index in [1.165, 1.54) is 12.1 Å². The van der Waals surface area contributed by atoms with Gasteiger partial charge >= 0.3 is 0 Å². The third kappa shape index (κ3) is 5.10. The molecule has 1 aromatic rings. The molecule has 0 fully saturated rings. The summed E-state index contributed by atoms with van der Waals surface area (Å²) in [6, 6.07) is 4.35. The summed E-state index contributed by atoms with van der Waals surface area (Å²) in [5, 5.41) is 10.9. The molecule has 0 spiro atoms. The Morgan fingerprint density at radius 2 is 2.09 bits per heavy atom. The van der Waals surface area contributed by atoms with Crippen molar-refractivity contribution >= 4 is 5.69 Å². The Kier molecular flexibility index (Phi) is 6.17. The van der Waals surface area contributed by atoms with E-state index in [1.54, 1.807) is 13.2 Å². The highest BCUT2D eigenvalue weighted by atomic mass is 16.6. The van der Waals surface area contributed by atoms with E-state index in [4.69, 9.17) is 14.2 Å². The highest BCUT2D eigenvalue weighted by Crippen LogP contribution is 2.32. The number of rotatable bonds is 8. The number of allylic oxidation sites excluding steroid dienone is 2. The molecule has 1 unspecified atom stereocenters. The molecule has 1 aliphatic carbocycles. The molecule has 0 N–H and O–H groups in total. The SMILES string of the molecule is COC(C)COc1ccc([N+](=O)[O-])cc1OCC1=CCCC=C1. The third-order valence-electron chi connectivity index (χ3n) is 3.48. The lowest BCUT2D eigenvalue weighted by molar-refractivity contribution is -0.385. The van der Waals surface area contributed by atoms with Crippen molar-refractivity contribution in [1.29, 1.82) is 0 Å². The van der Waals surface area contributed by atoms with E-state index in [-0.39, 0.29) is 11.8 Å². The highest BCUT2D eigenvalue weighted by molar-refractivity contribution is 5.49. The predicted molar refractivity (Wildman–Crippen MR) is 87.0 cm³/mol. The van der Waals surface area contributed by atoms with E-state index in [1.807, 2.05) is 13.0 Å². The average Bonchev–Trinajstić information content (AvgIpc) is 2.58. The van der Waals surface area contributed by atoms with Crippen molar-refractivity contribution in [3.63, 3.8) is 0 Å². The van der Waals surface area contributed by atoms with E-state index in [0.29, 0.717) is 24.7 Å². The zero-order valence-electron chi connectivity index (χ0n) is 13.4. The van der Waals surface area contributed by atoms with Crippen LogP contribution >= 0.6 is 0 Å². The lowest BCUT2D eigenvalue weighted by Gasteiger charge is -2.16. The molecule has 0 radical (unpaired) electrons. The summed E-state index contributed by atoms with van der Waals surface area (Å²) in [5.74, 6) is 0.835. The molecular formula is C17H21NO5. The first-order valence-electron chi connectivity index (χ1n) is 7.52. The number of non-ortho nitro benzene ring substituents is 1. The number of nitro groups is 1. The van der Waals surface area contributed by atoms with Crippen molar-refractivity contribution in [3.05, 3.63) is 52.1 Å². The van der Waals surface area contributed by atoms with E-state index in [9.17, 15) is 10.1 Å². The van der Waals surface area contributed by atoms with Crippen LogP contribution in [0.5, 0.6) is 11.5 Å². The molecule has 6 heteroatoms. The van der Waals surface area contributed by atoms with Gasteiger partial charge in [0.2, 0.25) is 0 Å². The smallest absolute Gasteiger partial charge is 0.273 e. The topological polar surface area (TPSA) is 70.8 Å². The van der Waals surface area contributed by atoms with Gasteiger partial charge < -0.3 is 14.2 Å². The maximum absolute atomic E-state index is 10.9. The monoisotopic (exact) mass is 319 g/mol. The first-order valence-corrected chi connectivity index (χ1v) is 7.52. The Hall–Kier alpha value is -2.34. The molecule has 0 aliphatic heterocycles.